The summed E-state index contributed by atoms with van der Waals surface area (Å²) in [4.78, 5) is 13.2. The number of hydrogen-bond donors (Lipinski definition) is 0. The molecule has 144 valence electrons. The van der Waals surface area contributed by atoms with Crippen LogP contribution in [0, 0.1) is 10.1 Å². The highest BCUT2D eigenvalue weighted by Gasteiger charge is 2.27. The molecule has 0 saturated carbocycles. The number of methoxy groups -OCH3 is 3. The first-order valence-corrected chi connectivity index (χ1v) is 8.84. The van der Waals surface area contributed by atoms with E-state index in [9.17, 15) is 10.1 Å². The van der Waals surface area contributed by atoms with Crippen LogP contribution in [-0.2, 0) is 6.54 Å². The van der Waals surface area contributed by atoms with E-state index in [1.807, 2.05) is 18.2 Å². The van der Waals surface area contributed by atoms with E-state index >= 15 is 0 Å². The molecular weight excluding hydrogens is 348 g/mol. The van der Waals surface area contributed by atoms with Crippen LogP contribution in [0.2, 0.25) is 0 Å². The molecule has 0 aromatic heterocycles. The van der Waals surface area contributed by atoms with Crippen LogP contribution < -0.4 is 14.2 Å². The van der Waals surface area contributed by atoms with Crippen molar-refractivity contribution in [2.45, 2.75) is 25.4 Å². The van der Waals surface area contributed by atoms with Gasteiger partial charge in [-0.1, -0.05) is 12.1 Å². The van der Waals surface area contributed by atoms with Gasteiger partial charge in [0, 0.05) is 18.7 Å². The number of nitrogens with zero attached hydrogens (tertiary/aromatic N) is 2. The lowest BCUT2D eigenvalue weighted by Gasteiger charge is -2.25. The lowest BCUT2D eigenvalue weighted by Crippen LogP contribution is -2.22. The van der Waals surface area contributed by atoms with Crippen molar-refractivity contribution in [2.24, 2.45) is 0 Å². The minimum atomic E-state index is -0.405. The Bertz CT molecular complexity index is 824. The summed E-state index contributed by atoms with van der Waals surface area (Å²) in [6.45, 7) is 1.59. The van der Waals surface area contributed by atoms with Gasteiger partial charge >= 0.3 is 5.69 Å². The third kappa shape index (κ3) is 3.98. The molecule has 7 nitrogen and oxygen atoms in total. The second-order valence-electron chi connectivity index (χ2n) is 6.51. The van der Waals surface area contributed by atoms with Gasteiger partial charge in [-0.25, -0.2) is 0 Å². The van der Waals surface area contributed by atoms with E-state index in [4.69, 9.17) is 14.2 Å². The summed E-state index contributed by atoms with van der Waals surface area (Å²) in [6.07, 6.45) is 2.12. The number of likely N-dealkylation sites (tertiary alicyclic amines) is 1. The van der Waals surface area contributed by atoms with Crippen LogP contribution >= 0.6 is 0 Å². The molecule has 0 spiro atoms. The largest absolute Gasteiger partial charge is 0.493 e. The van der Waals surface area contributed by atoms with Gasteiger partial charge in [0.25, 0.3) is 0 Å². The maximum Gasteiger partial charge on any atom is 0.311 e. The molecule has 1 aliphatic rings. The standard InChI is InChI=1S/C20H24N2O5/c1-25-18-8-6-14(11-17(18)22(23)24)13-21-10-4-5-16(21)15-7-9-19(26-2)20(12-15)27-3/h6-9,11-12,16H,4-5,10,13H2,1-3H3. The zero-order valence-corrected chi connectivity index (χ0v) is 15.8. The summed E-state index contributed by atoms with van der Waals surface area (Å²) in [5.74, 6) is 1.69. The molecule has 0 radical (unpaired) electrons. The van der Waals surface area contributed by atoms with E-state index in [1.165, 1.54) is 7.11 Å². The molecule has 0 N–H and O–H groups in total. The predicted molar refractivity (Wildman–Crippen MR) is 102 cm³/mol. The van der Waals surface area contributed by atoms with Crippen LogP contribution in [0.4, 0.5) is 5.69 Å². The van der Waals surface area contributed by atoms with Crippen LogP contribution in [0.25, 0.3) is 0 Å². The number of ether oxygens (including phenoxy) is 3. The molecule has 27 heavy (non-hydrogen) atoms. The molecule has 0 amide bonds. The third-order valence-corrected chi connectivity index (χ3v) is 4.98. The molecular formula is C20H24N2O5. The second kappa shape index (κ2) is 8.26. The number of nitro groups is 1. The van der Waals surface area contributed by atoms with Gasteiger partial charge in [0.15, 0.2) is 17.2 Å². The number of hydrogen-bond acceptors (Lipinski definition) is 6. The van der Waals surface area contributed by atoms with Crippen LogP contribution in [0.3, 0.4) is 0 Å². The Kier molecular flexibility index (Phi) is 5.81. The molecule has 1 saturated heterocycles. The summed E-state index contributed by atoms with van der Waals surface area (Å²) in [5, 5.41) is 11.3. The smallest absolute Gasteiger partial charge is 0.311 e. The van der Waals surface area contributed by atoms with Crippen molar-refractivity contribution in [2.75, 3.05) is 27.9 Å². The highest BCUT2D eigenvalue weighted by Crippen LogP contribution is 2.38. The van der Waals surface area contributed by atoms with Gasteiger partial charge in [-0.2, -0.15) is 0 Å². The van der Waals surface area contributed by atoms with Crippen molar-refractivity contribution in [1.29, 1.82) is 0 Å². The van der Waals surface area contributed by atoms with Crippen molar-refractivity contribution in [3.63, 3.8) is 0 Å². The Morgan fingerprint density at radius 2 is 1.74 bits per heavy atom. The Hall–Kier alpha value is -2.80. The van der Waals surface area contributed by atoms with Crippen LogP contribution in [0.15, 0.2) is 36.4 Å². The summed E-state index contributed by atoms with van der Waals surface area (Å²) in [7, 11) is 4.69. The first kappa shape index (κ1) is 19.0. The Labute approximate surface area is 158 Å². The molecule has 3 rings (SSSR count). The summed E-state index contributed by atoms with van der Waals surface area (Å²) < 4.78 is 15.8. The fourth-order valence-corrected chi connectivity index (χ4v) is 3.66. The van der Waals surface area contributed by atoms with E-state index in [0.29, 0.717) is 18.0 Å². The quantitative estimate of drug-likeness (QED) is 0.541. The molecule has 7 heteroatoms. The maximum absolute atomic E-state index is 11.3. The van der Waals surface area contributed by atoms with Gasteiger partial charge in [0.1, 0.15) is 0 Å². The van der Waals surface area contributed by atoms with Crippen molar-refractivity contribution in [3.8, 4) is 17.2 Å². The highest BCUT2D eigenvalue weighted by molar-refractivity contribution is 5.49. The van der Waals surface area contributed by atoms with Crippen LogP contribution in [-0.4, -0.2) is 37.7 Å². The lowest BCUT2D eigenvalue weighted by atomic mass is 10.0. The average Bonchev–Trinajstić information content (AvgIpc) is 3.15. The number of rotatable bonds is 7. The minimum absolute atomic E-state index is 0.00290. The molecule has 0 aliphatic carbocycles. The molecule has 1 atom stereocenters. The minimum Gasteiger partial charge on any atom is -0.493 e. The fourth-order valence-electron chi connectivity index (χ4n) is 3.66. The van der Waals surface area contributed by atoms with Gasteiger partial charge in [0.05, 0.1) is 26.3 Å². The number of benzene rings is 2. The summed E-state index contributed by atoms with van der Waals surface area (Å²) in [5.41, 5.74) is 2.06. The molecule has 1 unspecified atom stereocenters. The Balaban J connectivity index is 1.83. The maximum atomic E-state index is 11.3. The normalized spacial score (nSPS) is 16.9. The predicted octanol–water partition coefficient (Wildman–Crippen LogP) is 3.96. The SMILES string of the molecule is COc1ccc(C2CCCN2Cc2ccc(OC)c([N+](=O)[O-])c2)cc1OC. The summed E-state index contributed by atoms with van der Waals surface area (Å²) >= 11 is 0. The average molecular weight is 372 g/mol. The van der Waals surface area contributed by atoms with Gasteiger partial charge in [-0.15, -0.1) is 0 Å². The topological polar surface area (TPSA) is 74.1 Å². The molecule has 1 aliphatic heterocycles. The van der Waals surface area contributed by atoms with E-state index in [2.05, 4.69) is 11.0 Å². The van der Waals surface area contributed by atoms with E-state index in [1.54, 1.807) is 26.4 Å². The zero-order chi connectivity index (χ0) is 19.4. The first-order chi connectivity index (χ1) is 13.1. The molecule has 1 heterocycles. The van der Waals surface area contributed by atoms with Crippen LogP contribution in [0.1, 0.15) is 30.0 Å². The zero-order valence-electron chi connectivity index (χ0n) is 15.8. The van der Waals surface area contributed by atoms with Crippen molar-refractivity contribution in [3.05, 3.63) is 57.6 Å². The lowest BCUT2D eigenvalue weighted by molar-refractivity contribution is -0.385. The van der Waals surface area contributed by atoms with Gasteiger partial charge < -0.3 is 14.2 Å². The van der Waals surface area contributed by atoms with Crippen molar-refractivity contribution < 1.29 is 19.1 Å². The Morgan fingerprint density at radius 3 is 2.41 bits per heavy atom. The monoisotopic (exact) mass is 372 g/mol. The fraction of sp³-hybridized carbons (Fsp3) is 0.400. The molecule has 2 aromatic rings. The van der Waals surface area contributed by atoms with Gasteiger partial charge in [-0.3, -0.25) is 15.0 Å². The molecule has 0 bridgehead atoms. The van der Waals surface area contributed by atoms with E-state index in [-0.39, 0.29) is 17.5 Å². The van der Waals surface area contributed by atoms with Crippen molar-refractivity contribution >= 4 is 5.69 Å². The van der Waals surface area contributed by atoms with E-state index < -0.39 is 4.92 Å². The Morgan fingerprint density at radius 1 is 1.04 bits per heavy atom. The van der Waals surface area contributed by atoms with Crippen molar-refractivity contribution in [1.82, 2.24) is 4.90 Å². The molecule has 2 aromatic carbocycles. The van der Waals surface area contributed by atoms with Gasteiger partial charge in [-0.05, 0) is 48.7 Å². The molecule has 1 fully saturated rings. The van der Waals surface area contributed by atoms with E-state index in [0.717, 1.165) is 30.5 Å². The van der Waals surface area contributed by atoms with Gasteiger partial charge in [0.2, 0.25) is 0 Å². The summed E-state index contributed by atoms with van der Waals surface area (Å²) in [6, 6.07) is 11.4. The first-order valence-electron chi connectivity index (χ1n) is 8.84. The van der Waals surface area contributed by atoms with Crippen LogP contribution in [0.5, 0.6) is 17.2 Å². The number of nitro benzene ring substituents is 1. The highest BCUT2D eigenvalue weighted by atomic mass is 16.6. The third-order valence-electron chi connectivity index (χ3n) is 4.98. The second-order valence-corrected chi connectivity index (χ2v) is 6.51.